The number of aromatic nitrogens is 3. The van der Waals surface area contributed by atoms with Gasteiger partial charge in [-0.2, -0.15) is 5.10 Å². The molecule has 0 saturated carbocycles. The molecular formula is C32H34N4O4. The Morgan fingerprint density at radius 3 is 1.93 bits per heavy atom. The summed E-state index contributed by atoms with van der Waals surface area (Å²) in [6.07, 6.45) is -0.385. The molecule has 206 valence electrons. The molecule has 3 atom stereocenters. The minimum absolute atomic E-state index is 0.305. The van der Waals surface area contributed by atoms with E-state index in [0.717, 1.165) is 16.7 Å². The minimum atomic E-state index is -1.06. The van der Waals surface area contributed by atoms with Crippen LogP contribution in [0, 0.1) is 0 Å². The fraction of sp³-hybridized carbons (Fsp3) is 0.250. The molecule has 5 aromatic rings. The maximum absolute atomic E-state index is 11.8. The number of anilines is 1. The molecule has 0 bridgehead atoms. The molecule has 0 fully saturated rings. The number of benzene rings is 3. The van der Waals surface area contributed by atoms with Crippen molar-refractivity contribution in [3.8, 4) is 0 Å². The average molecular weight is 539 g/mol. The molecule has 5 rings (SSSR count). The van der Waals surface area contributed by atoms with Gasteiger partial charge < -0.3 is 25.1 Å². The normalized spacial score (nSPS) is 13.7. The van der Waals surface area contributed by atoms with Crippen LogP contribution in [0.25, 0.3) is 5.52 Å². The lowest BCUT2D eigenvalue weighted by Gasteiger charge is -2.31. The minimum Gasteiger partial charge on any atom is -0.384 e. The first-order chi connectivity index (χ1) is 19.7. The zero-order chi connectivity index (χ0) is 27.6. The third kappa shape index (κ3) is 7.11. The van der Waals surface area contributed by atoms with Crippen LogP contribution in [0.1, 0.15) is 34.9 Å². The molecule has 8 heteroatoms. The molecule has 0 spiro atoms. The molecule has 0 amide bonds. The monoisotopic (exact) mass is 538 g/mol. The Labute approximate surface area is 234 Å². The van der Waals surface area contributed by atoms with Crippen LogP contribution < -0.4 is 5.73 Å². The summed E-state index contributed by atoms with van der Waals surface area (Å²) in [6.45, 7) is 1.59. The molecule has 3 aromatic carbocycles. The molecule has 0 saturated heterocycles. The van der Waals surface area contributed by atoms with E-state index in [2.05, 4.69) is 10.1 Å². The van der Waals surface area contributed by atoms with Gasteiger partial charge in [-0.1, -0.05) is 91.0 Å². The van der Waals surface area contributed by atoms with E-state index in [1.807, 2.05) is 91.0 Å². The second-order valence-corrected chi connectivity index (χ2v) is 9.57. The molecule has 0 aliphatic rings. The summed E-state index contributed by atoms with van der Waals surface area (Å²) < 4.78 is 20.5. The molecule has 3 unspecified atom stereocenters. The van der Waals surface area contributed by atoms with Gasteiger partial charge in [-0.25, -0.2) is 9.50 Å². The molecule has 0 aliphatic heterocycles. The van der Waals surface area contributed by atoms with E-state index in [4.69, 9.17) is 19.9 Å². The quantitative estimate of drug-likeness (QED) is 0.189. The van der Waals surface area contributed by atoms with Crippen LogP contribution in [0.3, 0.4) is 0 Å². The smallest absolute Gasteiger partial charge is 0.151 e. The molecule has 0 radical (unpaired) electrons. The van der Waals surface area contributed by atoms with E-state index in [0.29, 0.717) is 49.9 Å². The van der Waals surface area contributed by atoms with Gasteiger partial charge in [-0.3, -0.25) is 0 Å². The molecule has 2 heterocycles. The summed E-state index contributed by atoms with van der Waals surface area (Å²) in [4.78, 5) is 4.07. The summed E-state index contributed by atoms with van der Waals surface area (Å²) in [5.74, 6) is 0.335. The Kier molecular flexibility index (Phi) is 9.50. The molecule has 3 N–H and O–H groups in total. The first kappa shape index (κ1) is 27.5. The maximum Gasteiger partial charge on any atom is 0.151 e. The highest BCUT2D eigenvalue weighted by atomic mass is 16.5. The fourth-order valence-electron chi connectivity index (χ4n) is 4.62. The number of nitrogens with two attached hydrogens (primary N) is 1. The maximum atomic E-state index is 11.8. The van der Waals surface area contributed by atoms with E-state index in [1.54, 1.807) is 16.6 Å². The highest BCUT2D eigenvalue weighted by Gasteiger charge is 2.33. The first-order valence-electron chi connectivity index (χ1n) is 13.4. The third-order valence-corrected chi connectivity index (χ3v) is 6.74. The van der Waals surface area contributed by atoms with Gasteiger partial charge in [0.25, 0.3) is 0 Å². The van der Waals surface area contributed by atoms with Gasteiger partial charge in [0.2, 0.25) is 0 Å². The lowest BCUT2D eigenvalue weighted by Crippen LogP contribution is -2.38. The van der Waals surface area contributed by atoms with Crippen molar-refractivity contribution in [2.75, 3.05) is 12.3 Å². The highest BCUT2D eigenvalue weighted by molar-refractivity contribution is 5.65. The van der Waals surface area contributed by atoms with Crippen molar-refractivity contribution in [2.45, 2.75) is 44.6 Å². The van der Waals surface area contributed by atoms with E-state index in [-0.39, 0.29) is 0 Å². The highest BCUT2D eigenvalue weighted by Crippen LogP contribution is 2.29. The molecule has 8 nitrogen and oxygen atoms in total. The Bertz CT molecular complexity index is 1450. The van der Waals surface area contributed by atoms with Gasteiger partial charge in [0.15, 0.2) is 5.82 Å². The first-order valence-corrected chi connectivity index (χ1v) is 13.4. The molecule has 0 aliphatic carbocycles. The van der Waals surface area contributed by atoms with Crippen LogP contribution in [0.5, 0.6) is 0 Å². The van der Waals surface area contributed by atoms with E-state index < -0.39 is 18.3 Å². The van der Waals surface area contributed by atoms with Crippen LogP contribution in [0.15, 0.2) is 109 Å². The Morgan fingerprint density at radius 1 is 0.725 bits per heavy atom. The summed E-state index contributed by atoms with van der Waals surface area (Å²) in [5.41, 5.74) is 10.3. The van der Waals surface area contributed by atoms with E-state index in [9.17, 15) is 5.11 Å². The van der Waals surface area contributed by atoms with Gasteiger partial charge in [0.05, 0.1) is 31.6 Å². The molecular weight excluding hydrogens is 504 g/mol. The number of aliphatic hydroxyl groups excluding tert-OH is 1. The third-order valence-electron chi connectivity index (χ3n) is 6.74. The standard InChI is InChI=1S/C32H34N4O4/c33-32-28-17-16-27(36(28)35-23-34-32)30(37)31(40-22-26-14-8-3-9-15-26)29(39-21-25-12-6-2-7-13-25)18-19-38-20-24-10-4-1-5-11-24/h1-17,23,29-31,37H,18-22H2,(H2,33,34,35). The van der Waals surface area contributed by atoms with Crippen LogP contribution in [0.2, 0.25) is 0 Å². The van der Waals surface area contributed by atoms with Crippen LogP contribution >= 0.6 is 0 Å². The second kappa shape index (κ2) is 13.8. The number of fused-ring (bicyclic) bond motifs is 1. The van der Waals surface area contributed by atoms with Gasteiger partial charge in [-0.15, -0.1) is 0 Å². The number of nitrogens with zero attached hydrogens (tertiary/aromatic N) is 3. The summed E-state index contributed by atoms with van der Waals surface area (Å²) in [5, 5.41) is 16.1. The predicted octanol–water partition coefficient (Wildman–Crippen LogP) is 5.12. The van der Waals surface area contributed by atoms with Crippen LogP contribution in [-0.4, -0.2) is 38.5 Å². The Hall–Kier alpha value is -4.08. The van der Waals surface area contributed by atoms with Crippen molar-refractivity contribution < 1.29 is 19.3 Å². The van der Waals surface area contributed by atoms with Crippen molar-refractivity contribution in [2.24, 2.45) is 0 Å². The average Bonchev–Trinajstić information content (AvgIpc) is 3.45. The topological polar surface area (TPSA) is 104 Å². The van der Waals surface area contributed by atoms with E-state index in [1.165, 1.54) is 6.33 Å². The predicted molar refractivity (Wildman–Crippen MR) is 153 cm³/mol. The Balaban J connectivity index is 1.39. The molecule has 2 aromatic heterocycles. The SMILES string of the molecule is Nc1ncnn2c(C(O)C(OCc3ccccc3)C(CCOCc3ccccc3)OCc3ccccc3)ccc12. The summed E-state index contributed by atoms with van der Waals surface area (Å²) >= 11 is 0. The van der Waals surface area contributed by atoms with Crippen molar-refractivity contribution in [1.82, 2.24) is 14.6 Å². The lowest BCUT2D eigenvalue weighted by molar-refractivity contribution is -0.141. The number of ether oxygens (including phenoxy) is 3. The largest absolute Gasteiger partial charge is 0.384 e. The van der Waals surface area contributed by atoms with Gasteiger partial charge in [0.1, 0.15) is 24.1 Å². The number of hydrogen-bond acceptors (Lipinski definition) is 7. The summed E-state index contributed by atoms with van der Waals surface area (Å²) in [6, 6.07) is 33.5. The van der Waals surface area contributed by atoms with Gasteiger partial charge in [-0.05, 0) is 35.2 Å². The number of rotatable bonds is 14. The van der Waals surface area contributed by atoms with Crippen LogP contribution in [0.4, 0.5) is 5.82 Å². The number of hydrogen-bond donors (Lipinski definition) is 2. The van der Waals surface area contributed by atoms with Crippen molar-refractivity contribution in [3.63, 3.8) is 0 Å². The second-order valence-electron chi connectivity index (χ2n) is 9.57. The van der Waals surface area contributed by atoms with Crippen molar-refractivity contribution in [3.05, 3.63) is 132 Å². The lowest BCUT2D eigenvalue weighted by atomic mass is 10.0. The summed E-state index contributed by atoms with van der Waals surface area (Å²) in [7, 11) is 0. The number of aliphatic hydroxyl groups is 1. The fourth-order valence-corrected chi connectivity index (χ4v) is 4.62. The number of nitrogen functional groups attached to an aromatic ring is 1. The van der Waals surface area contributed by atoms with E-state index >= 15 is 0 Å². The van der Waals surface area contributed by atoms with Crippen molar-refractivity contribution >= 4 is 11.3 Å². The van der Waals surface area contributed by atoms with Crippen molar-refractivity contribution in [1.29, 1.82) is 0 Å². The van der Waals surface area contributed by atoms with Gasteiger partial charge in [0, 0.05) is 6.61 Å². The molecule has 40 heavy (non-hydrogen) atoms. The van der Waals surface area contributed by atoms with Gasteiger partial charge >= 0.3 is 0 Å². The zero-order valence-electron chi connectivity index (χ0n) is 22.3. The zero-order valence-corrected chi connectivity index (χ0v) is 22.3. The van der Waals surface area contributed by atoms with Crippen LogP contribution in [-0.2, 0) is 34.0 Å². The Morgan fingerprint density at radius 2 is 1.30 bits per heavy atom.